The number of amides is 1. The van der Waals surface area contributed by atoms with E-state index >= 15 is 0 Å². The van der Waals surface area contributed by atoms with E-state index in [1.807, 2.05) is 16.7 Å². The van der Waals surface area contributed by atoms with Gasteiger partial charge in [-0.25, -0.2) is 0 Å². The molecule has 0 fully saturated rings. The molecule has 0 atom stereocenters. The standard InChI is InChI=1S/C16H20N4O3S/c1-4-9-20-14(10-22-2)18-19-16(20)24-11-15(21)17-12-7-5-6-8-13(12)23-3/h4-8H,1,9-11H2,2-3H3,(H,17,21). The first kappa shape index (κ1) is 18.0. The zero-order valence-corrected chi connectivity index (χ0v) is 14.5. The summed E-state index contributed by atoms with van der Waals surface area (Å²) in [6, 6.07) is 7.26. The van der Waals surface area contributed by atoms with E-state index in [4.69, 9.17) is 9.47 Å². The Balaban J connectivity index is 2.00. The molecule has 0 saturated heterocycles. The topological polar surface area (TPSA) is 78.3 Å². The Kier molecular flexibility index (Phi) is 6.83. The minimum absolute atomic E-state index is 0.147. The predicted octanol–water partition coefficient (Wildman–Crippen LogP) is 2.35. The second kappa shape index (κ2) is 9.09. The number of benzene rings is 1. The van der Waals surface area contributed by atoms with E-state index in [-0.39, 0.29) is 11.7 Å². The molecule has 1 aromatic carbocycles. The minimum Gasteiger partial charge on any atom is -0.495 e. The Labute approximate surface area is 145 Å². The summed E-state index contributed by atoms with van der Waals surface area (Å²) >= 11 is 1.31. The number of nitrogens with zero attached hydrogens (tertiary/aromatic N) is 3. The predicted molar refractivity (Wildman–Crippen MR) is 93.3 cm³/mol. The van der Waals surface area contributed by atoms with E-state index in [0.29, 0.717) is 35.6 Å². The molecule has 0 aliphatic rings. The molecule has 1 heterocycles. The number of thioether (sulfide) groups is 1. The molecular weight excluding hydrogens is 328 g/mol. The number of allylic oxidation sites excluding steroid dienone is 1. The van der Waals surface area contributed by atoms with Crippen molar-refractivity contribution in [3.05, 3.63) is 42.7 Å². The Morgan fingerprint density at radius 2 is 2.17 bits per heavy atom. The molecule has 0 unspecified atom stereocenters. The second-order valence-electron chi connectivity index (χ2n) is 4.77. The van der Waals surface area contributed by atoms with E-state index in [2.05, 4.69) is 22.1 Å². The molecule has 2 rings (SSSR count). The first-order valence-corrected chi connectivity index (χ1v) is 8.25. The molecule has 7 nitrogen and oxygen atoms in total. The number of nitrogens with one attached hydrogen (secondary N) is 1. The lowest BCUT2D eigenvalue weighted by Gasteiger charge is -2.10. The highest BCUT2D eigenvalue weighted by Crippen LogP contribution is 2.24. The zero-order chi connectivity index (χ0) is 17.4. The lowest BCUT2D eigenvalue weighted by molar-refractivity contribution is -0.113. The molecule has 2 aromatic rings. The van der Waals surface area contributed by atoms with Crippen LogP contribution in [0.15, 0.2) is 42.1 Å². The smallest absolute Gasteiger partial charge is 0.234 e. The van der Waals surface area contributed by atoms with Gasteiger partial charge in [-0.2, -0.15) is 0 Å². The summed E-state index contributed by atoms with van der Waals surface area (Å²) in [6.07, 6.45) is 1.75. The van der Waals surface area contributed by atoms with Crippen molar-refractivity contribution >= 4 is 23.4 Å². The fourth-order valence-corrected chi connectivity index (χ4v) is 2.81. The lowest BCUT2D eigenvalue weighted by Crippen LogP contribution is -2.15. The van der Waals surface area contributed by atoms with Crippen LogP contribution in [0.5, 0.6) is 5.75 Å². The van der Waals surface area contributed by atoms with Gasteiger partial charge in [-0.1, -0.05) is 30.0 Å². The van der Waals surface area contributed by atoms with Crippen molar-refractivity contribution in [1.82, 2.24) is 14.8 Å². The minimum atomic E-state index is -0.147. The van der Waals surface area contributed by atoms with Gasteiger partial charge in [0.2, 0.25) is 5.91 Å². The van der Waals surface area contributed by atoms with Crippen LogP contribution in [0.3, 0.4) is 0 Å². The van der Waals surface area contributed by atoms with Crippen LogP contribution in [-0.2, 0) is 22.7 Å². The zero-order valence-electron chi connectivity index (χ0n) is 13.7. The molecule has 128 valence electrons. The summed E-state index contributed by atoms with van der Waals surface area (Å²) in [5.41, 5.74) is 0.637. The number of aromatic nitrogens is 3. The number of hydrogen-bond acceptors (Lipinski definition) is 6. The van der Waals surface area contributed by atoms with Crippen LogP contribution in [0, 0.1) is 0 Å². The maximum Gasteiger partial charge on any atom is 0.234 e. The van der Waals surface area contributed by atoms with Gasteiger partial charge in [0.05, 0.1) is 18.6 Å². The third-order valence-corrected chi connectivity index (χ3v) is 4.06. The molecule has 24 heavy (non-hydrogen) atoms. The number of carbonyl (C=O) groups excluding carboxylic acids is 1. The highest BCUT2D eigenvalue weighted by molar-refractivity contribution is 7.99. The number of para-hydroxylation sites is 2. The number of anilines is 1. The van der Waals surface area contributed by atoms with Crippen LogP contribution in [0.2, 0.25) is 0 Å². The van der Waals surface area contributed by atoms with Crippen LogP contribution in [-0.4, -0.2) is 40.6 Å². The van der Waals surface area contributed by atoms with E-state index in [0.717, 1.165) is 0 Å². The lowest BCUT2D eigenvalue weighted by atomic mass is 10.3. The Morgan fingerprint density at radius 1 is 1.38 bits per heavy atom. The molecule has 0 aliphatic carbocycles. The summed E-state index contributed by atoms with van der Waals surface area (Å²) in [6.45, 7) is 4.64. The van der Waals surface area contributed by atoms with Gasteiger partial charge in [0, 0.05) is 13.7 Å². The Bertz CT molecular complexity index is 702. The van der Waals surface area contributed by atoms with Crippen molar-refractivity contribution in [3.8, 4) is 5.75 Å². The number of rotatable bonds is 9. The summed E-state index contributed by atoms with van der Waals surface area (Å²) < 4.78 is 12.2. The molecular formula is C16H20N4O3S. The molecule has 0 spiro atoms. The maximum absolute atomic E-state index is 12.2. The summed E-state index contributed by atoms with van der Waals surface area (Å²) in [5.74, 6) is 1.38. The molecule has 0 saturated carbocycles. The number of ether oxygens (including phenoxy) is 2. The molecule has 8 heteroatoms. The number of methoxy groups -OCH3 is 2. The SMILES string of the molecule is C=CCn1c(COC)nnc1SCC(=O)Nc1ccccc1OC. The van der Waals surface area contributed by atoms with Crippen molar-refractivity contribution < 1.29 is 14.3 Å². The van der Waals surface area contributed by atoms with Crippen molar-refractivity contribution in [2.24, 2.45) is 0 Å². The summed E-state index contributed by atoms with van der Waals surface area (Å²) in [7, 11) is 3.16. The normalized spacial score (nSPS) is 10.4. The average Bonchev–Trinajstić information content (AvgIpc) is 2.96. The van der Waals surface area contributed by atoms with Gasteiger partial charge in [0.25, 0.3) is 0 Å². The number of carbonyl (C=O) groups is 1. The quantitative estimate of drug-likeness (QED) is 0.554. The monoisotopic (exact) mass is 348 g/mol. The van der Waals surface area contributed by atoms with Gasteiger partial charge < -0.3 is 19.4 Å². The Morgan fingerprint density at radius 3 is 2.88 bits per heavy atom. The molecule has 0 radical (unpaired) electrons. The average molecular weight is 348 g/mol. The first-order chi connectivity index (χ1) is 11.7. The van der Waals surface area contributed by atoms with Crippen molar-refractivity contribution in [1.29, 1.82) is 0 Å². The molecule has 0 aliphatic heterocycles. The molecule has 0 bridgehead atoms. The third kappa shape index (κ3) is 4.59. The highest BCUT2D eigenvalue weighted by Gasteiger charge is 2.14. The van der Waals surface area contributed by atoms with Crippen LogP contribution in [0.25, 0.3) is 0 Å². The summed E-state index contributed by atoms with van der Waals surface area (Å²) in [4.78, 5) is 12.2. The van der Waals surface area contributed by atoms with Gasteiger partial charge in [0.1, 0.15) is 12.4 Å². The first-order valence-electron chi connectivity index (χ1n) is 7.27. The second-order valence-corrected chi connectivity index (χ2v) is 5.71. The van der Waals surface area contributed by atoms with E-state index in [1.54, 1.807) is 32.4 Å². The largest absolute Gasteiger partial charge is 0.495 e. The van der Waals surface area contributed by atoms with Gasteiger partial charge in [0.15, 0.2) is 11.0 Å². The van der Waals surface area contributed by atoms with Gasteiger partial charge >= 0.3 is 0 Å². The fraction of sp³-hybridized carbons (Fsp3) is 0.312. The van der Waals surface area contributed by atoms with Crippen molar-refractivity contribution in [2.75, 3.05) is 25.3 Å². The number of hydrogen-bond donors (Lipinski definition) is 1. The van der Waals surface area contributed by atoms with Crippen LogP contribution >= 0.6 is 11.8 Å². The summed E-state index contributed by atoms with van der Waals surface area (Å²) in [5, 5.41) is 11.7. The van der Waals surface area contributed by atoms with Gasteiger partial charge in [-0.3, -0.25) is 4.79 Å². The Hall–Kier alpha value is -2.32. The molecule has 1 N–H and O–H groups in total. The third-order valence-electron chi connectivity index (χ3n) is 3.09. The highest BCUT2D eigenvalue weighted by atomic mass is 32.2. The molecule has 1 aromatic heterocycles. The maximum atomic E-state index is 12.2. The van der Waals surface area contributed by atoms with Gasteiger partial charge in [-0.15, -0.1) is 16.8 Å². The molecule has 1 amide bonds. The van der Waals surface area contributed by atoms with Crippen LogP contribution in [0.4, 0.5) is 5.69 Å². The van der Waals surface area contributed by atoms with Crippen molar-refractivity contribution in [3.63, 3.8) is 0 Å². The fourth-order valence-electron chi connectivity index (χ4n) is 2.04. The van der Waals surface area contributed by atoms with Crippen LogP contribution < -0.4 is 10.1 Å². The van der Waals surface area contributed by atoms with Crippen molar-refractivity contribution in [2.45, 2.75) is 18.3 Å². The van der Waals surface area contributed by atoms with Crippen LogP contribution in [0.1, 0.15) is 5.82 Å². The van der Waals surface area contributed by atoms with E-state index in [1.165, 1.54) is 11.8 Å². The van der Waals surface area contributed by atoms with E-state index < -0.39 is 0 Å². The van der Waals surface area contributed by atoms with Gasteiger partial charge in [-0.05, 0) is 12.1 Å². The van der Waals surface area contributed by atoms with E-state index in [9.17, 15) is 4.79 Å².